The van der Waals surface area contributed by atoms with E-state index in [0.717, 1.165) is 10.0 Å². The average molecular weight is 541 g/mol. The maximum absolute atomic E-state index is 13.5. The van der Waals surface area contributed by atoms with Gasteiger partial charge in [-0.3, -0.25) is 14.2 Å². The van der Waals surface area contributed by atoms with Crippen LogP contribution < -0.4 is 19.6 Å². The van der Waals surface area contributed by atoms with Gasteiger partial charge in [-0.2, -0.15) is 0 Å². The van der Waals surface area contributed by atoms with Crippen molar-refractivity contribution in [2.45, 2.75) is 26.8 Å². The van der Waals surface area contributed by atoms with E-state index in [9.17, 15) is 14.4 Å². The summed E-state index contributed by atoms with van der Waals surface area (Å²) < 4.78 is 13.4. The molecule has 4 rings (SSSR count). The van der Waals surface area contributed by atoms with Gasteiger partial charge in [-0.15, -0.1) is 0 Å². The van der Waals surface area contributed by atoms with Gasteiger partial charge in [-0.25, -0.2) is 9.79 Å². The van der Waals surface area contributed by atoms with Gasteiger partial charge in [-0.1, -0.05) is 51.5 Å². The first-order valence-electron chi connectivity index (χ1n) is 10.5. The molecule has 0 N–H and O–H groups in total. The van der Waals surface area contributed by atoms with Gasteiger partial charge in [0.15, 0.2) is 4.80 Å². The van der Waals surface area contributed by atoms with Crippen LogP contribution in [0, 0.1) is 0 Å². The fourth-order valence-electron chi connectivity index (χ4n) is 3.70. The number of hydrogen-bond donors (Lipinski definition) is 0. The Bertz CT molecular complexity index is 1470. The molecule has 0 radical (unpaired) electrons. The molecule has 2 heterocycles. The van der Waals surface area contributed by atoms with Crippen LogP contribution in [-0.2, 0) is 14.3 Å². The lowest BCUT2D eigenvalue weighted by molar-refractivity contribution is -0.139. The van der Waals surface area contributed by atoms with Gasteiger partial charge in [0.1, 0.15) is 5.75 Å². The number of halogens is 1. The molecule has 3 aromatic rings. The summed E-state index contributed by atoms with van der Waals surface area (Å²) in [6.07, 6.45) is 1.81. The molecule has 0 unspecified atom stereocenters. The number of rotatable bonds is 5. The first kappa shape index (κ1) is 23.8. The molecule has 1 atom stereocenters. The Labute approximate surface area is 207 Å². The van der Waals surface area contributed by atoms with Crippen LogP contribution in [-0.4, -0.2) is 23.1 Å². The molecule has 0 amide bonds. The molecule has 1 aliphatic heterocycles. The molecule has 0 spiro atoms. The molecule has 0 aliphatic carbocycles. The van der Waals surface area contributed by atoms with E-state index in [2.05, 4.69) is 20.9 Å². The third kappa shape index (κ3) is 4.80. The van der Waals surface area contributed by atoms with Gasteiger partial charge >= 0.3 is 11.9 Å². The number of esters is 2. The largest absolute Gasteiger partial charge is 0.463 e. The Morgan fingerprint density at radius 1 is 1.15 bits per heavy atom. The monoisotopic (exact) mass is 540 g/mol. The third-order valence-corrected chi connectivity index (χ3v) is 6.65. The number of thiazole rings is 1. The Morgan fingerprint density at radius 3 is 2.44 bits per heavy atom. The molecule has 0 bridgehead atoms. The lowest BCUT2D eigenvalue weighted by Gasteiger charge is -2.24. The van der Waals surface area contributed by atoms with Crippen molar-refractivity contribution in [3.8, 4) is 5.75 Å². The Kier molecular flexibility index (Phi) is 6.95. The van der Waals surface area contributed by atoms with Gasteiger partial charge in [0.25, 0.3) is 5.56 Å². The molecule has 1 aliphatic rings. The fraction of sp³-hybridized carbons (Fsp3) is 0.200. The summed E-state index contributed by atoms with van der Waals surface area (Å²) >= 11 is 4.68. The molecule has 0 fully saturated rings. The number of benzene rings is 2. The lowest BCUT2D eigenvalue weighted by Crippen LogP contribution is -2.39. The van der Waals surface area contributed by atoms with E-state index in [1.165, 1.54) is 22.8 Å². The van der Waals surface area contributed by atoms with Crippen molar-refractivity contribution in [1.29, 1.82) is 0 Å². The van der Waals surface area contributed by atoms with Crippen molar-refractivity contribution < 1.29 is 19.1 Å². The van der Waals surface area contributed by atoms with Crippen molar-refractivity contribution in [3.05, 3.63) is 95.1 Å². The van der Waals surface area contributed by atoms with E-state index in [4.69, 9.17) is 9.47 Å². The predicted molar refractivity (Wildman–Crippen MR) is 132 cm³/mol. The third-order valence-electron chi connectivity index (χ3n) is 5.14. The van der Waals surface area contributed by atoms with Crippen LogP contribution in [0.25, 0.3) is 6.08 Å². The van der Waals surface area contributed by atoms with Crippen molar-refractivity contribution >= 4 is 45.3 Å². The highest BCUT2D eigenvalue weighted by molar-refractivity contribution is 9.10. The zero-order chi connectivity index (χ0) is 24.4. The molecular formula is C25H21BrN2O5S. The smallest absolute Gasteiger partial charge is 0.338 e. The summed E-state index contributed by atoms with van der Waals surface area (Å²) in [7, 11) is 0. The SMILES string of the molecule is CCOC(=O)C1=C(C)N=c2s/c(=C/c3ccc(Br)cc3)c(=O)n2[C@H]1c1ccc(OC(C)=O)cc1. The summed E-state index contributed by atoms with van der Waals surface area (Å²) in [5.74, 6) is -0.589. The minimum Gasteiger partial charge on any atom is -0.463 e. The van der Waals surface area contributed by atoms with Crippen LogP contribution in [0.4, 0.5) is 0 Å². The molecule has 34 heavy (non-hydrogen) atoms. The highest BCUT2D eigenvalue weighted by atomic mass is 79.9. The Morgan fingerprint density at radius 2 is 1.82 bits per heavy atom. The van der Waals surface area contributed by atoms with E-state index < -0.39 is 18.0 Å². The Balaban J connectivity index is 1.89. The fourth-order valence-corrected chi connectivity index (χ4v) is 5.01. The van der Waals surface area contributed by atoms with Crippen LogP contribution in [0.2, 0.25) is 0 Å². The maximum atomic E-state index is 13.5. The van der Waals surface area contributed by atoms with Gasteiger partial charge in [0.2, 0.25) is 0 Å². The van der Waals surface area contributed by atoms with Gasteiger partial charge in [-0.05, 0) is 55.3 Å². The molecule has 9 heteroatoms. The minimum absolute atomic E-state index is 0.196. The van der Waals surface area contributed by atoms with Crippen molar-refractivity contribution in [1.82, 2.24) is 4.57 Å². The number of carbonyl (C=O) groups is 2. The van der Waals surface area contributed by atoms with E-state index in [0.29, 0.717) is 31.9 Å². The first-order valence-corrected chi connectivity index (χ1v) is 12.1. The second-order valence-corrected chi connectivity index (χ2v) is 9.44. The number of fused-ring (bicyclic) bond motifs is 1. The molecule has 0 saturated heterocycles. The highest BCUT2D eigenvalue weighted by Crippen LogP contribution is 2.31. The van der Waals surface area contributed by atoms with Crippen LogP contribution in [0.15, 0.2) is 74.1 Å². The number of carbonyl (C=O) groups excluding carboxylic acids is 2. The number of aromatic nitrogens is 1. The molecule has 0 saturated carbocycles. The zero-order valence-corrected chi connectivity index (χ0v) is 21.1. The van der Waals surface area contributed by atoms with Crippen molar-refractivity contribution in [3.63, 3.8) is 0 Å². The number of allylic oxidation sites excluding steroid dienone is 1. The molecule has 1 aromatic heterocycles. The molecule has 2 aromatic carbocycles. The maximum Gasteiger partial charge on any atom is 0.338 e. The molecule has 7 nitrogen and oxygen atoms in total. The standard InChI is InChI=1S/C25H21BrN2O5S/c1-4-32-24(31)21-14(2)27-25-28(22(21)17-7-11-19(12-8-17)33-15(3)29)23(30)20(34-25)13-16-5-9-18(26)10-6-16/h5-13,22H,4H2,1-3H3/b20-13+/t22-/m0/s1. The van der Waals surface area contributed by atoms with Gasteiger partial charge < -0.3 is 9.47 Å². The zero-order valence-electron chi connectivity index (χ0n) is 18.7. The Hall–Kier alpha value is -3.30. The average Bonchev–Trinajstić information content (AvgIpc) is 3.09. The second-order valence-electron chi connectivity index (χ2n) is 7.52. The van der Waals surface area contributed by atoms with Crippen LogP contribution in [0.3, 0.4) is 0 Å². The summed E-state index contributed by atoms with van der Waals surface area (Å²) in [6.45, 7) is 4.98. The summed E-state index contributed by atoms with van der Waals surface area (Å²) in [5.41, 5.74) is 2.07. The minimum atomic E-state index is -0.728. The summed E-state index contributed by atoms with van der Waals surface area (Å²) in [4.78, 5) is 42.8. The normalized spacial score (nSPS) is 15.5. The summed E-state index contributed by atoms with van der Waals surface area (Å²) in [6, 6.07) is 13.6. The molecule has 174 valence electrons. The van der Waals surface area contributed by atoms with E-state index in [-0.39, 0.29) is 12.2 Å². The number of ether oxygens (including phenoxy) is 2. The van der Waals surface area contributed by atoms with Crippen LogP contribution in [0.1, 0.15) is 37.9 Å². The van der Waals surface area contributed by atoms with Crippen molar-refractivity contribution in [2.24, 2.45) is 4.99 Å². The van der Waals surface area contributed by atoms with E-state index >= 15 is 0 Å². The van der Waals surface area contributed by atoms with Gasteiger partial charge in [0, 0.05) is 11.4 Å². The summed E-state index contributed by atoms with van der Waals surface area (Å²) in [5, 5.41) is 0. The molecular weight excluding hydrogens is 520 g/mol. The van der Waals surface area contributed by atoms with E-state index in [1.807, 2.05) is 24.3 Å². The van der Waals surface area contributed by atoms with Crippen LogP contribution >= 0.6 is 27.3 Å². The second kappa shape index (κ2) is 9.90. The van der Waals surface area contributed by atoms with Crippen molar-refractivity contribution in [2.75, 3.05) is 6.61 Å². The first-order chi connectivity index (χ1) is 16.3. The van der Waals surface area contributed by atoms with Crippen LogP contribution in [0.5, 0.6) is 5.75 Å². The topological polar surface area (TPSA) is 87.0 Å². The van der Waals surface area contributed by atoms with E-state index in [1.54, 1.807) is 44.2 Å². The number of nitrogens with zero attached hydrogens (tertiary/aromatic N) is 2. The highest BCUT2D eigenvalue weighted by Gasteiger charge is 2.33. The quantitative estimate of drug-likeness (QED) is 0.365. The van der Waals surface area contributed by atoms with Gasteiger partial charge in [0.05, 0.1) is 28.5 Å². The predicted octanol–water partition coefficient (Wildman–Crippen LogP) is 3.49. The lowest BCUT2D eigenvalue weighted by atomic mass is 9.96. The number of hydrogen-bond acceptors (Lipinski definition) is 7.